The van der Waals surface area contributed by atoms with Crippen LogP contribution < -0.4 is 10.6 Å². The van der Waals surface area contributed by atoms with Crippen LogP contribution in [0.2, 0.25) is 10.0 Å². The van der Waals surface area contributed by atoms with Gasteiger partial charge in [-0.05, 0) is 13.0 Å². The fourth-order valence-corrected chi connectivity index (χ4v) is 3.45. The molecule has 1 aromatic heterocycles. The van der Waals surface area contributed by atoms with Crippen LogP contribution in [0.1, 0.15) is 25.5 Å². The highest BCUT2D eigenvalue weighted by molar-refractivity contribution is 6.43. The number of nitrogens with zero attached hydrogens (tertiary/aromatic N) is 4. The molecular weight excluding hydrogens is 389 g/mol. The van der Waals surface area contributed by atoms with E-state index in [4.69, 9.17) is 33.7 Å². The Balaban J connectivity index is 1.85. The highest BCUT2D eigenvalue weighted by Crippen LogP contribution is 2.35. The van der Waals surface area contributed by atoms with Gasteiger partial charge in [-0.25, -0.2) is 14.8 Å². The van der Waals surface area contributed by atoms with Gasteiger partial charge in [0.15, 0.2) is 5.69 Å². The van der Waals surface area contributed by atoms with Gasteiger partial charge in [0.1, 0.15) is 11.7 Å². The number of nitrogens with two attached hydrogens (primary N) is 1. The second kappa shape index (κ2) is 7.59. The van der Waals surface area contributed by atoms with Gasteiger partial charge in [0.2, 0.25) is 5.95 Å². The number of benzene rings is 1. The Hall–Kier alpha value is -2.56. The van der Waals surface area contributed by atoms with Crippen molar-refractivity contribution in [1.82, 2.24) is 9.97 Å². The van der Waals surface area contributed by atoms with Crippen molar-refractivity contribution in [2.24, 2.45) is 5.73 Å². The molecule has 140 valence electrons. The van der Waals surface area contributed by atoms with E-state index in [1.165, 1.54) is 0 Å². The minimum absolute atomic E-state index is 0.214. The van der Waals surface area contributed by atoms with E-state index in [1.807, 2.05) is 11.8 Å². The summed E-state index contributed by atoms with van der Waals surface area (Å²) in [5.74, 6) is 0.439. The summed E-state index contributed by atoms with van der Waals surface area (Å²) >= 11 is 12.3. The molecule has 2 aromatic rings. The van der Waals surface area contributed by atoms with Gasteiger partial charge in [-0.15, -0.1) is 0 Å². The fraction of sp³-hybridized carbons (Fsp3) is 0.333. The molecule has 2 heterocycles. The van der Waals surface area contributed by atoms with Crippen molar-refractivity contribution in [3.8, 4) is 17.2 Å². The molecule has 0 aliphatic carbocycles. The van der Waals surface area contributed by atoms with Crippen molar-refractivity contribution in [2.45, 2.75) is 25.4 Å². The minimum atomic E-state index is -0.781. The van der Waals surface area contributed by atoms with Crippen molar-refractivity contribution >= 4 is 35.2 Å². The number of hydrogen-bond donors (Lipinski definition) is 1. The van der Waals surface area contributed by atoms with Gasteiger partial charge in [-0.2, -0.15) is 5.26 Å². The van der Waals surface area contributed by atoms with E-state index < -0.39 is 11.7 Å². The molecule has 0 bridgehead atoms. The van der Waals surface area contributed by atoms with Crippen molar-refractivity contribution in [3.05, 3.63) is 40.1 Å². The molecule has 0 spiro atoms. The first kappa shape index (κ1) is 19.2. The largest absolute Gasteiger partial charge is 0.443 e. The van der Waals surface area contributed by atoms with Gasteiger partial charge in [-0.1, -0.05) is 35.3 Å². The summed E-state index contributed by atoms with van der Waals surface area (Å²) in [5, 5.41) is 10.3. The molecule has 1 saturated heterocycles. The molecule has 27 heavy (non-hydrogen) atoms. The Bertz CT molecular complexity index is 920. The van der Waals surface area contributed by atoms with E-state index in [0.717, 1.165) is 0 Å². The van der Waals surface area contributed by atoms with Crippen molar-refractivity contribution < 1.29 is 9.53 Å². The van der Waals surface area contributed by atoms with E-state index in [0.29, 0.717) is 53.1 Å². The third-order valence-corrected chi connectivity index (χ3v) is 5.39. The zero-order valence-corrected chi connectivity index (χ0v) is 16.1. The van der Waals surface area contributed by atoms with Gasteiger partial charge in [0, 0.05) is 43.3 Å². The first-order valence-electron chi connectivity index (χ1n) is 8.28. The first-order chi connectivity index (χ1) is 12.8. The summed E-state index contributed by atoms with van der Waals surface area (Å²) in [5.41, 5.74) is 5.87. The normalized spacial score (nSPS) is 15.9. The van der Waals surface area contributed by atoms with E-state index in [9.17, 15) is 10.1 Å². The van der Waals surface area contributed by atoms with Crippen LogP contribution in [-0.4, -0.2) is 34.8 Å². The number of rotatable bonds is 3. The van der Waals surface area contributed by atoms with Gasteiger partial charge < -0.3 is 15.4 Å². The second-order valence-corrected chi connectivity index (χ2v) is 7.29. The van der Waals surface area contributed by atoms with E-state index >= 15 is 0 Å². The molecule has 0 radical (unpaired) electrons. The van der Waals surface area contributed by atoms with Crippen LogP contribution in [-0.2, 0) is 4.74 Å². The number of halogens is 2. The fourth-order valence-electron chi connectivity index (χ4n) is 3.04. The van der Waals surface area contributed by atoms with Crippen molar-refractivity contribution in [2.75, 3.05) is 18.0 Å². The molecular formula is C18H17Cl2N5O2. The zero-order valence-electron chi connectivity index (χ0n) is 14.6. The molecule has 3 rings (SSSR count). The Labute approximate surface area is 166 Å². The maximum atomic E-state index is 11.0. The topological polar surface area (TPSA) is 105 Å². The highest BCUT2D eigenvalue weighted by atomic mass is 35.5. The summed E-state index contributed by atoms with van der Waals surface area (Å²) < 4.78 is 5.20. The number of carbonyl (C=O) groups is 1. The number of anilines is 1. The average Bonchev–Trinajstić information content (AvgIpc) is 2.63. The molecule has 1 amide bonds. The number of ether oxygens (including phenoxy) is 1. The number of primary amides is 1. The molecule has 2 N–H and O–H groups in total. The van der Waals surface area contributed by atoms with Crippen LogP contribution in [0.25, 0.3) is 11.1 Å². The van der Waals surface area contributed by atoms with Gasteiger partial charge in [0.25, 0.3) is 0 Å². The third kappa shape index (κ3) is 4.07. The zero-order chi connectivity index (χ0) is 19.6. The lowest BCUT2D eigenvalue weighted by Gasteiger charge is -2.38. The quantitative estimate of drug-likeness (QED) is 0.832. The highest BCUT2D eigenvalue weighted by Gasteiger charge is 2.34. The van der Waals surface area contributed by atoms with Crippen LogP contribution in [0.3, 0.4) is 0 Å². The minimum Gasteiger partial charge on any atom is -0.443 e. The summed E-state index contributed by atoms with van der Waals surface area (Å²) in [6, 6.07) is 7.29. The predicted octanol–water partition coefficient (Wildman–Crippen LogP) is 3.78. The third-order valence-electron chi connectivity index (χ3n) is 4.57. The Morgan fingerprint density at radius 1 is 1.33 bits per heavy atom. The number of nitriles is 1. The summed E-state index contributed by atoms with van der Waals surface area (Å²) in [6.45, 7) is 3.00. The average molecular weight is 406 g/mol. The van der Waals surface area contributed by atoms with Crippen LogP contribution in [0.5, 0.6) is 0 Å². The lowest BCUT2D eigenvalue weighted by Crippen LogP contribution is -2.46. The number of aromatic nitrogens is 2. The van der Waals surface area contributed by atoms with Crippen molar-refractivity contribution in [3.63, 3.8) is 0 Å². The number of amides is 1. The number of piperidine rings is 1. The molecule has 9 heteroatoms. The van der Waals surface area contributed by atoms with Crippen LogP contribution >= 0.6 is 23.2 Å². The summed E-state index contributed by atoms with van der Waals surface area (Å²) in [4.78, 5) is 21.8. The standard InChI is InChI=1S/C18H17Cl2N5O2/c1-18(27-16(22)26)5-7-25(8-6-18)17-23-10-12(14(9-21)24-17)11-3-2-4-13(19)15(11)20/h2-4,10H,5-8H2,1H3,(H2,22,26). The van der Waals surface area contributed by atoms with Gasteiger partial charge >= 0.3 is 6.09 Å². The van der Waals surface area contributed by atoms with Crippen LogP contribution in [0.15, 0.2) is 24.4 Å². The molecule has 1 fully saturated rings. The Kier molecular flexibility index (Phi) is 5.40. The smallest absolute Gasteiger partial charge is 0.405 e. The number of hydrogen-bond acceptors (Lipinski definition) is 6. The second-order valence-electron chi connectivity index (χ2n) is 6.50. The maximum Gasteiger partial charge on any atom is 0.405 e. The SMILES string of the molecule is CC1(OC(N)=O)CCN(c2ncc(-c3cccc(Cl)c3Cl)c(C#N)n2)CC1. The molecule has 0 unspecified atom stereocenters. The monoisotopic (exact) mass is 405 g/mol. The first-order valence-corrected chi connectivity index (χ1v) is 9.03. The summed E-state index contributed by atoms with van der Waals surface area (Å²) in [7, 11) is 0. The molecule has 0 atom stereocenters. The van der Waals surface area contributed by atoms with E-state index in [1.54, 1.807) is 24.4 Å². The summed E-state index contributed by atoms with van der Waals surface area (Å²) in [6.07, 6.45) is 1.97. The van der Waals surface area contributed by atoms with Crippen molar-refractivity contribution in [1.29, 1.82) is 5.26 Å². The van der Waals surface area contributed by atoms with E-state index in [2.05, 4.69) is 16.0 Å². The molecule has 1 aliphatic rings. The lowest BCUT2D eigenvalue weighted by atomic mass is 9.93. The van der Waals surface area contributed by atoms with Crippen LogP contribution in [0.4, 0.5) is 10.7 Å². The Morgan fingerprint density at radius 3 is 2.67 bits per heavy atom. The molecule has 0 saturated carbocycles. The van der Waals surface area contributed by atoms with Crippen LogP contribution in [0, 0.1) is 11.3 Å². The molecule has 1 aliphatic heterocycles. The van der Waals surface area contributed by atoms with Gasteiger partial charge in [-0.3, -0.25) is 0 Å². The maximum absolute atomic E-state index is 11.0. The predicted molar refractivity (Wildman–Crippen MR) is 103 cm³/mol. The van der Waals surface area contributed by atoms with Gasteiger partial charge in [0.05, 0.1) is 10.0 Å². The Morgan fingerprint density at radius 2 is 2.04 bits per heavy atom. The molecule has 1 aromatic carbocycles. The molecule has 7 nitrogen and oxygen atoms in total. The van der Waals surface area contributed by atoms with E-state index in [-0.39, 0.29) is 5.69 Å². The lowest BCUT2D eigenvalue weighted by molar-refractivity contribution is 0.0125. The number of carbonyl (C=O) groups excluding carboxylic acids is 1.